The Balaban J connectivity index is 1.93. The minimum absolute atomic E-state index is 0.593. The van der Waals surface area contributed by atoms with Crippen molar-refractivity contribution in [3.8, 4) is 11.3 Å². The summed E-state index contributed by atoms with van der Waals surface area (Å²) in [6, 6.07) is 11.3. The van der Waals surface area contributed by atoms with Gasteiger partial charge in [-0.15, -0.1) is 5.12 Å². The molecule has 102 valence electrons. The van der Waals surface area contributed by atoms with Crippen molar-refractivity contribution in [2.75, 3.05) is 6.54 Å². The number of hydrogen-bond acceptors (Lipinski definition) is 4. The Morgan fingerprint density at radius 3 is 2.80 bits per heavy atom. The van der Waals surface area contributed by atoms with E-state index >= 15 is 0 Å². The lowest BCUT2D eigenvalue weighted by Gasteiger charge is -2.22. The lowest BCUT2D eigenvalue weighted by molar-refractivity contribution is 0.145. The van der Waals surface area contributed by atoms with Gasteiger partial charge in [0.1, 0.15) is 5.76 Å². The second-order valence-corrected chi connectivity index (χ2v) is 4.98. The molecule has 1 aliphatic rings. The molecule has 20 heavy (non-hydrogen) atoms. The summed E-state index contributed by atoms with van der Waals surface area (Å²) < 4.78 is 5.87. The van der Waals surface area contributed by atoms with E-state index in [4.69, 9.17) is 34.1 Å². The number of hydrogen-bond donors (Lipinski definition) is 1. The SMILES string of the molecule is NN1CC=C(c2ccc(-c3cccc(Cl)c3)o2)N1C=S. The van der Waals surface area contributed by atoms with Crippen LogP contribution < -0.4 is 5.84 Å². The average Bonchev–Trinajstić information content (AvgIpc) is 3.04. The van der Waals surface area contributed by atoms with Crippen molar-refractivity contribution in [2.24, 2.45) is 5.84 Å². The molecule has 0 bridgehead atoms. The highest BCUT2D eigenvalue weighted by Gasteiger charge is 2.23. The second-order valence-electron chi connectivity index (χ2n) is 4.34. The minimum atomic E-state index is 0.593. The first-order valence-electron chi connectivity index (χ1n) is 6.02. The fourth-order valence-electron chi connectivity index (χ4n) is 2.10. The van der Waals surface area contributed by atoms with Crippen LogP contribution >= 0.6 is 23.8 Å². The number of rotatable bonds is 3. The average molecular weight is 306 g/mol. The maximum Gasteiger partial charge on any atom is 0.152 e. The van der Waals surface area contributed by atoms with Gasteiger partial charge in [0, 0.05) is 10.6 Å². The molecule has 0 saturated heterocycles. The van der Waals surface area contributed by atoms with E-state index in [-0.39, 0.29) is 0 Å². The van der Waals surface area contributed by atoms with Crippen LogP contribution in [0, 0.1) is 0 Å². The quantitative estimate of drug-likeness (QED) is 0.696. The largest absolute Gasteiger partial charge is 0.454 e. The van der Waals surface area contributed by atoms with Gasteiger partial charge in [-0.05, 0) is 30.3 Å². The van der Waals surface area contributed by atoms with Crippen LogP contribution in [0.15, 0.2) is 46.9 Å². The van der Waals surface area contributed by atoms with Crippen molar-refractivity contribution in [3.63, 3.8) is 0 Å². The highest BCUT2D eigenvalue weighted by Crippen LogP contribution is 2.30. The van der Waals surface area contributed by atoms with E-state index in [2.05, 4.69) is 0 Å². The van der Waals surface area contributed by atoms with Crippen LogP contribution in [0.2, 0.25) is 5.02 Å². The zero-order valence-electron chi connectivity index (χ0n) is 10.5. The third-order valence-corrected chi connectivity index (χ3v) is 3.50. The van der Waals surface area contributed by atoms with Gasteiger partial charge in [0.2, 0.25) is 0 Å². The zero-order valence-corrected chi connectivity index (χ0v) is 12.1. The minimum Gasteiger partial charge on any atom is -0.454 e. The van der Waals surface area contributed by atoms with Crippen molar-refractivity contribution in [1.82, 2.24) is 10.1 Å². The summed E-state index contributed by atoms with van der Waals surface area (Å²) in [5, 5.41) is 3.87. The van der Waals surface area contributed by atoms with Gasteiger partial charge in [-0.3, -0.25) is 5.01 Å². The molecule has 3 rings (SSSR count). The van der Waals surface area contributed by atoms with E-state index in [0.29, 0.717) is 17.3 Å². The van der Waals surface area contributed by atoms with Crippen molar-refractivity contribution in [3.05, 3.63) is 53.3 Å². The predicted octanol–water partition coefficient (Wildman–Crippen LogP) is 3.30. The summed E-state index contributed by atoms with van der Waals surface area (Å²) >= 11 is 11.0. The highest BCUT2D eigenvalue weighted by molar-refractivity contribution is 7.78. The molecule has 0 amide bonds. The number of nitrogens with two attached hydrogens (primary N) is 1. The van der Waals surface area contributed by atoms with Gasteiger partial charge in [-0.25, -0.2) is 5.84 Å². The number of benzene rings is 1. The van der Waals surface area contributed by atoms with Gasteiger partial charge in [0.05, 0.1) is 17.7 Å². The summed E-state index contributed by atoms with van der Waals surface area (Å²) in [7, 11) is 0. The van der Waals surface area contributed by atoms with Crippen LogP contribution in [0.3, 0.4) is 0 Å². The summed E-state index contributed by atoms with van der Waals surface area (Å²) in [5.41, 5.74) is 3.26. The van der Waals surface area contributed by atoms with Crippen LogP contribution in [0.4, 0.5) is 0 Å². The van der Waals surface area contributed by atoms with Gasteiger partial charge in [-0.2, -0.15) is 0 Å². The number of thiocarbonyl (C=S) groups is 1. The van der Waals surface area contributed by atoms with Crippen LogP contribution in [0.25, 0.3) is 17.0 Å². The number of halogens is 1. The molecule has 0 aliphatic carbocycles. The molecule has 0 atom stereocenters. The standard InChI is InChI=1S/C14H12ClN3OS/c15-11-3-1-2-10(8-11)13-4-5-14(19-13)12-6-7-18(16)17(12)9-20/h1-6,8-9H,7,16H2. The molecule has 2 aromatic rings. The molecule has 1 aliphatic heterocycles. The van der Waals surface area contributed by atoms with Crippen molar-refractivity contribution >= 4 is 35.0 Å². The first-order valence-corrected chi connectivity index (χ1v) is 6.87. The van der Waals surface area contributed by atoms with E-state index in [9.17, 15) is 0 Å². The fraction of sp³-hybridized carbons (Fsp3) is 0.0714. The first-order chi connectivity index (χ1) is 9.69. The fourth-order valence-corrected chi connectivity index (χ4v) is 2.53. The predicted molar refractivity (Wildman–Crippen MR) is 83.5 cm³/mol. The Kier molecular flexibility index (Phi) is 3.58. The highest BCUT2D eigenvalue weighted by atomic mass is 35.5. The number of hydrazine groups is 2. The molecule has 0 spiro atoms. The van der Waals surface area contributed by atoms with Crippen molar-refractivity contribution in [2.45, 2.75) is 0 Å². The molecule has 0 radical (unpaired) electrons. The molecule has 4 nitrogen and oxygen atoms in total. The van der Waals surface area contributed by atoms with Gasteiger partial charge in [-0.1, -0.05) is 36.0 Å². The zero-order chi connectivity index (χ0) is 14.1. The first kappa shape index (κ1) is 13.3. The summed E-state index contributed by atoms with van der Waals surface area (Å²) in [4.78, 5) is 0. The third kappa shape index (κ3) is 2.36. The van der Waals surface area contributed by atoms with Gasteiger partial charge in [0.15, 0.2) is 5.76 Å². The molecular formula is C14H12ClN3OS. The molecule has 6 heteroatoms. The lowest BCUT2D eigenvalue weighted by Crippen LogP contribution is -2.40. The molecule has 2 heterocycles. The maximum absolute atomic E-state index is 5.99. The lowest BCUT2D eigenvalue weighted by atomic mass is 10.2. The molecule has 1 aromatic carbocycles. The monoisotopic (exact) mass is 305 g/mol. The van der Waals surface area contributed by atoms with Crippen LogP contribution in [0.1, 0.15) is 5.76 Å². The smallest absolute Gasteiger partial charge is 0.152 e. The summed E-state index contributed by atoms with van der Waals surface area (Å²) in [6.45, 7) is 0.593. The van der Waals surface area contributed by atoms with Crippen LogP contribution in [0.5, 0.6) is 0 Å². The molecule has 0 unspecified atom stereocenters. The Labute approximate surface area is 127 Å². The number of furan rings is 1. The van der Waals surface area contributed by atoms with Crippen LogP contribution in [-0.2, 0) is 0 Å². The van der Waals surface area contributed by atoms with Crippen molar-refractivity contribution in [1.29, 1.82) is 0 Å². The summed E-state index contributed by atoms with van der Waals surface area (Å²) in [6.07, 6.45) is 1.96. The van der Waals surface area contributed by atoms with E-state index in [0.717, 1.165) is 17.0 Å². The molecule has 0 fully saturated rings. The number of nitrogens with zero attached hydrogens (tertiary/aromatic N) is 2. The maximum atomic E-state index is 5.99. The molecule has 0 saturated carbocycles. The van der Waals surface area contributed by atoms with Crippen LogP contribution in [-0.4, -0.2) is 22.2 Å². The van der Waals surface area contributed by atoms with Gasteiger partial charge >= 0.3 is 0 Å². The Morgan fingerprint density at radius 1 is 1.25 bits per heavy atom. The molecule has 2 N–H and O–H groups in total. The van der Waals surface area contributed by atoms with E-state index in [1.165, 1.54) is 10.6 Å². The Hall–Kier alpha value is -1.66. The Bertz CT molecular complexity index is 683. The Morgan fingerprint density at radius 2 is 2.05 bits per heavy atom. The topological polar surface area (TPSA) is 45.6 Å². The van der Waals surface area contributed by atoms with E-state index in [1.54, 1.807) is 5.01 Å². The summed E-state index contributed by atoms with van der Waals surface area (Å²) in [5.74, 6) is 7.27. The normalized spacial score (nSPS) is 15.5. The van der Waals surface area contributed by atoms with E-state index < -0.39 is 0 Å². The second kappa shape index (κ2) is 5.38. The van der Waals surface area contributed by atoms with Gasteiger partial charge < -0.3 is 4.42 Å². The third-order valence-electron chi connectivity index (χ3n) is 3.06. The van der Waals surface area contributed by atoms with Gasteiger partial charge in [0.25, 0.3) is 0 Å². The molecular weight excluding hydrogens is 294 g/mol. The molecule has 1 aromatic heterocycles. The van der Waals surface area contributed by atoms with E-state index in [1.807, 2.05) is 42.5 Å². The van der Waals surface area contributed by atoms with Crippen molar-refractivity contribution < 1.29 is 4.42 Å².